The highest BCUT2D eigenvalue weighted by Gasteiger charge is 2.04. The first-order chi connectivity index (χ1) is 7.65. The van der Waals surface area contributed by atoms with Gasteiger partial charge in [-0.1, -0.05) is 6.07 Å². The van der Waals surface area contributed by atoms with Crippen LogP contribution in [0, 0.1) is 12.7 Å². The molecular weight excluding hydrogens is 273 g/mol. The molecular formula is C12H9BrFNO. The summed E-state index contributed by atoms with van der Waals surface area (Å²) in [6, 6.07) is 7.90. The average Bonchev–Trinajstić information content (AvgIpc) is 2.27. The van der Waals surface area contributed by atoms with Gasteiger partial charge in [-0.3, -0.25) is 0 Å². The largest absolute Gasteiger partial charge is 0.438 e. The van der Waals surface area contributed by atoms with Crippen LogP contribution >= 0.6 is 15.9 Å². The predicted octanol–water partition coefficient (Wildman–Crippen LogP) is 4.08. The lowest BCUT2D eigenvalue weighted by Gasteiger charge is -2.06. The van der Waals surface area contributed by atoms with Crippen LogP contribution in [-0.4, -0.2) is 4.98 Å². The van der Waals surface area contributed by atoms with E-state index in [2.05, 4.69) is 20.9 Å². The third-order valence-corrected chi connectivity index (χ3v) is 2.65. The summed E-state index contributed by atoms with van der Waals surface area (Å²) in [6.45, 7) is 1.94. The molecule has 82 valence electrons. The second-order valence-corrected chi connectivity index (χ2v) is 4.20. The van der Waals surface area contributed by atoms with E-state index >= 15 is 0 Å². The van der Waals surface area contributed by atoms with Crippen molar-refractivity contribution in [3.63, 3.8) is 0 Å². The third-order valence-electron chi connectivity index (χ3n) is 1.99. The molecule has 0 aliphatic rings. The zero-order valence-corrected chi connectivity index (χ0v) is 10.2. The van der Waals surface area contributed by atoms with Gasteiger partial charge in [0, 0.05) is 18.3 Å². The monoisotopic (exact) mass is 281 g/mol. The molecule has 0 aliphatic carbocycles. The Bertz CT molecular complexity index is 499. The maximum absolute atomic E-state index is 13.0. The van der Waals surface area contributed by atoms with Gasteiger partial charge in [-0.15, -0.1) is 0 Å². The second-order valence-electron chi connectivity index (χ2n) is 3.35. The van der Waals surface area contributed by atoms with Crippen molar-refractivity contribution in [3.05, 3.63) is 52.4 Å². The van der Waals surface area contributed by atoms with E-state index in [4.69, 9.17) is 4.74 Å². The maximum Gasteiger partial charge on any atom is 0.219 e. The number of halogens is 2. The molecule has 0 N–H and O–H groups in total. The van der Waals surface area contributed by atoms with Gasteiger partial charge in [-0.05, 0) is 40.5 Å². The van der Waals surface area contributed by atoms with E-state index in [1.807, 2.05) is 13.0 Å². The number of rotatable bonds is 2. The Balaban J connectivity index is 2.26. The third kappa shape index (κ3) is 2.58. The van der Waals surface area contributed by atoms with E-state index in [0.717, 1.165) is 5.56 Å². The van der Waals surface area contributed by atoms with Gasteiger partial charge in [0.1, 0.15) is 11.6 Å². The van der Waals surface area contributed by atoms with Crippen molar-refractivity contribution in [1.29, 1.82) is 0 Å². The average molecular weight is 282 g/mol. The van der Waals surface area contributed by atoms with E-state index < -0.39 is 0 Å². The molecule has 1 heterocycles. The number of pyridine rings is 1. The first kappa shape index (κ1) is 11.1. The minimum Gasteiger partial charge on any atom is -0.438 e. The molecule has 0 radical (unpaired) electrons. The van der Waals surface area contributed by atoms with E-state index in [-0.39, 0.29) is 5.82 Å². The van der Waals surface area contributed by atoms with Crippen molar-refractivity contribution in [3.8, 4) is 11.6 Å². The van der Waals surface area contributed by atoms with Gasteiger partial charge in [0.05, 0.1) is 4.47 Å². The van der Waals surface area contributed by atoms with Crippen molar-refractivity contribution in [1.82, 2.24) is 4.98 Å². The molecule has 0 saturated heterocycles. The first-order valence-electron chi connectivity index (χ1n) is 4.71. The molecule has 0 bridgehead atoms. The zero-order valence-electron chi connectivity index (χ0n) is 8.58. The Hall–Kier alpha value is -1.42. The van der Waals surface area contributed by atoms with Crippen molar-refractivity contribution in [2.75, 3.05) is 0 Å². The summed E-state index contributed by atoms with van der Waals surface area (Å²) in [5, 5.41) is 0. The number of aromatic nitrogens is 1. The number of aryl methyl sites for hydroxylation is 1. The van der Waals surface area contributed by atoms with Gasteiger partial charge in [0.25, 0.3) is 0 Å². The Kier molecular flexibility index (Phi) is 3.19. The van der Waals surface area contributed by atoms with E-state index in [1.165, 1.54) is 12.1 Å². The normalized spacial score (nSPS) is 10.2. The SMILES string of the molecule is Cc1ccc(Oc2cc(F)ccc2Br)nc1. The summed E-state index contributed by atoms with van der Waals surface area (Å²) < 4.78 is 19.1. The lowest BCUT2D eigenvalue weighted by molar-refractivity contribution is 0.455. The minimum atomic E-state index is -0.342. The molecule has 0 aliphatic heterocycles. The molecule has 2 nitrogen and oxygen atoms in total. The number of ether oxygens (including phenoxy) is 1. The molecule has 0 spiro atoms. The molecule has 1 aromatic carbocycles. The van der Waals surface area contributed by atoms with Gasteiger partial charge in [-0.2, -0.15) is 0 Å². The Morgan fingerprint density at radius 3 is 2.75 bits per heavy atom. The van der Waals surface area contributed by atoms with Gasteiger partial charge in [0.2, 0.25) is 5.88 Å². The molecule has 1 aromatic heterocycles. The van der Waals surface area contributed by atoms with Crippen LogP contribution in [0.15, 0.2) is 41.0 Å². The van der Waals surface area contributed by atoms with E-state index in [0.29, 0.717) is 16.1 Å². The van der Waals surface area contributed by atoms with Crippen LogP contribution in [0.2, 0.25) is 0 Å². The lowest BCUT2D eigenvalue weighted by Crippen LogP contribution is -1.89. The second kappa shape index (κ2) is 4.61. The molecule has 0 saturated carbocycles. The molecule has 0 atom stereocenters. The summed E-state index contributed by atoms with van der Waals surface area (Å²) in [5.74, 6) is 0.513. The standard InChI is InChI=1S/C12H9BrFNO/c1-8-2-5-12(15-7-8)16-11-6-9(14)3-4-10(11)13/h2-7H,1H3. The molecule has 2 aromatic rings. The van der Waals surface area contributed by atoms with Crippen LogP contribution in [-0.2, 0) is 0 Å². The van der Waals surface area contributed by atoms with Crippen molar-refractivity contribution in [2.24, 2.45) is 0 Å². The first-order valence-corrected chi connectivity index (χ1v) is 5.50. The lowest BCUT2D eigenvalue weighted by atomic mass is 10.3. The predicted molar refractivity (Wildman–Crippen MR) is 63.1 cm³/mol. The maximum atomic E-state index is 13.0. The smallest absolute Gasteiger partial charge is 0.219 e. The molecule has 0 unspecified atom stereocenters. The summed E-state index contributed by atoms with van der Waals surface area (Å²) in [5.41, 5.74) is 1.05. The Morgan fingerprint density at radius 2 is 2.06 bits per heavy atom. The van der Waals surface area contributed by atoms with Crippen LogP contribution < -0.4 is 4.74 Å². The minimum absolute atomic E-state index is 0.342. The summed E-state index contributed by atoms with van der Waals surface area (Å²) >= 11 is 3.28. The van der Waals surface area contributed by atoms with Crippen molar-refractivity contribution < 1.29 is 9.13 Å². The molecule has 4 heteroatoms. The Labute approximate surface area is 101 Å². The van der Waals surface area contributed by atoms with Gasteiger partial charge in [-0.25, -0.2) is 9.37 Å². The van der Waals surface area contributed by atoms with Crippen LogP contribution in [0.4, 0.5) is 4.39 Å². The number of benzene rings is 1. The number of nitrogens with zero attached hydrogens (tertiary/aromatic N) is 1. The highest BCUT2D eigenvalue weighted by molar-refractivity contribution is 9.10. The van der Waals surface area contributed by atoms with E-state index in [1.54, 1.807) is 18.3 Å². The summed E-state index contributed by atoms with van der Waals surface area (Å²) in [7, 11) is 0. The molecule has 0 amide bonds. The molecule has 0 fully saturated rings. The van der Waals surface area contributed by atoms with E-state index in [9.17, 15) is 4.39 Å². The highest BCUT2D eigenvalue weighted by Crippen LogP contribution is 2.29. The van der Waals surface area contributed by atoms with Gasteiger partial charge < -0.3 is 4.74 Å². The summed E-state index contributed by atoms with van der Waals surface area (Å²) in [4.78, 5) is 4.08. The zero-order chi connectivity index (χ0) is 11.5. The molecule has 16 heavy (non-hydrogen) atoms. The van der Waals surface area contributed by atoms with Crippen LogP contribution in [0.25, 0.3) is 0 Å². The van der Waals surface area contributed by atoms with Crippen molar-refractivity contribution in [2.45, 2.75) is 6.92 Å². The van der Waals surface area contributed by atoms with Crippen LogP contribution in [0.3, 0.4) is 0 Å². The fraction of sp³-hybridized carbons (Fsp3) is 0.0833. The van der Waals surface area contributed by atoms with Gasteiger partial charge >= 0.3 is 0 Å². The summed E-state index contributed by atoms with van der Waals surface area (Å²) in [6.07, 6.45) is 1.70. The highest BCUT2D eigenvalue weighted by atomic mass is 79.9. The van der Waals surface area contributed by atoms with Crippen LogP contribution in [0.5, 0.6) is 11.6 Å². The van der Waals surface area contributed by atoms with Crippen LogP contribution in [0.1, 0.15) is 5.56 Å². The fourth-order valence-electron chi connectivity index (χ4n) is 1.18. The fourth-order valence-corrected chi connectivity index (χ4v) is 1.51. The molecule has 2 rings (SSSR count). The topological polar surface area (TPSA) is 22.1 Å². The number of hydrogen-bond donors (Lipinski definition) is 0. The van der Waals surface area contributed by atoms with Gasteiger partial charge in [0.15, 0.2) is 0 Å². The Morgan fingerprint density at radius 1 is 1.25 bits per heavy atom. The number of hydrogen-bond acceptors (Lipinski definition) is 2. The van der Waals surface area contributed by atoms with Crippen molar-refractivity contribution >= 4 is 15.9 Å². The quantitative estimate of drug-likeness (QED) is 0.827.